The maximum absolute atomic E-state index is 5.01. The van der Waals surface area contributed by atoms with Crippen LogP contribution < -0.4 is 0 Å². The second kappa shape index (κ2) is 4.97. The van der Waals surface area contributed by atoms with Gasteiger partial charge in [0.1, 0.15) is 7.11 Å². The molecule has 0 saturated heterocycles. The van der Waals surface area contributed by atoms with E-state index in [1.807, 2.05) is 0 Å². The minimum atomic E-state index is 0.416. The summed E-state index contributed by atoms with van der Waals surface area (Å²) in [5.74, 6) is 2.71. The highest BCUT2D eigenvalue weighted by Gasteiger charge is 2.54. The number of hydrogen-bond acceptors (Lipinski definition) is 2. The first kappa shape index (κ1) is 14.5. The highest BCUT2D eigenvalue weighted by molar-refractivity contribution is 5.96. The molecule has 4 rings (SSSR count). The molecule has 0 aromatic heterocycles. The summed E-state index contributed by atoms with van der Waals surface area (Å²) in [6, 6.07) is 0. The van der Waals surface area contributed by atoms with Crippen LogP contribution in [-0.2, 0) is 4.84 Å². The van der Waals surface area contributed by atoms with E-state index in [-0.39, 0.29) is 0 Å². The average molecular weight is 299 g/mol. The van der Waals surface area contributed by atoms with Gasteiger partial charge in [-0.25, -0.2) is 0 Å². The highest BCUT2D eigenvalue weighted by atomic mass is 16.6. The number of hydrogen-bond donors (Lipinski definition) is 0. The first-order chi connectivity index (χ1) is 10.6. The Morgan fingerprint density at radius 1 is 1.14 bits per heavy atom. The van der Waals surface area contributed by atoms with Crippen LogP contribution in [0, 0.1) is 28.6 Å². The molecule has 120 valence electrons. The van der Waals surface area contributed by atoms with E-state index in [2.05, 4.69) is 37.2 Å². The molecule has 5 unspecified atom stereocenters. The fraction of sp³-hybridized carbons (Fsp3) is 0.750. The van der Waals surface area contributed by atoms with Gasteiger partial charge in [0.15, 0.2) is 0 Å². The van der Waals surface area contributed by atoms with Gasteiger partial charge in [-0.3, -0.25) is 0 Å². The zero-order chi connectivity index (χ0) is 15.4. The topological polar surface area (TPSA) is 21.6 Å². The zero-order valence-corrected chi connectivity index (χ0v) is 14.3. The monoisotopic (exact) mass is 299 g/mol. The Hall–Kier alpha value is -1.05. The lowest BCUT2D eigenvalue weighted by molar-refractivity contribution is -0.0221. The van der Waals surface area contributed by atoms with Gasteiger partial charge in [0.2, 0.25) is 0 Å². The second-order valence-electron chi connectivity index (χ2n) is 8.45. The van der Waals surface area contributed by atoms with Crippen LogP contribution in [0.1, 0.15) is 58.8 Å². The molecule has 0 amide bonds. The summed E-state index contributed by atoms with van der Waals surface area (Å²) >= 11 is 0. The van der Waals surface area contributed by atoms with Gasteiger partial charge >= 0.3 is 0 Å². The molecule has 0 aromatic rings. The molecule has 0 aliphatic heterocycles. The van der Waals surface area contributed by atoms with Gasteiger partial charge in [-0.05, 0) is 79.6 Å². The molecule has 0 spiro atoms. The van der Waals surface area contributed by atoms with Crippen LogP contribution in [0.25, 0.3) is 0 Å². The third-order valence-corrected chi connectivity index (χ3v) is 7.51. The van der Waals surface area contributed by atoms with E-state index in [4.69, 9.17) is 4.84 Å². The summed E-state index contributed by atoms with van der Waals surface area (Å²) in [6.07, 6.45) is 16.5. The van der Waals surface area contributed by atoms with Crippen molar-refractivity contribution in [3.05, 3.63) is 23.8 Å². The van der Waals surface area contributed by atoms with Crippen LogP contribution >= 0.6 is 0 Å². The molecular weight excluding hydrogens is 270 g/mol. The van der Waals surface area contributed by atoms with Crippen LogP contribution in [0.15, 0.2) is 29.0 Å². The molecule has 0 heterocycles. The van der Waals surface area contributed by atoms with Gasteiger partial charge in [0.05, 0.1) is 5.71 Å². The number of allylic oxidation sites excluding steroid dienone is 4. The summed E-state index contributed by atoms with van der Waals surface area (Å²) in [5.41, 5.74) is 3.72. The van der Waals surface area contributed by atoms with Crippen LogP contribution in [0.3, 0.4) is 0 Å². The molecule has 2 heteroatoms. The molecule has 2 saturated carbocycles. The van der Waals surface area contributed by atoms with E-state index in [1.165, 1.54) is 38.5 Å². The van der Waals surface area contributed by atoms with Gasteiger partial charge in [-0.15, -0.1) is 0 Å². The largest absolute Gasteiger partial charge is 0.399 e. The summed E-state index contributed by atoms with van der Waals surface area (Å²) in [7, 11) is 1.66. The van der Waals surface area contributed by atoms with Crippen molar-refractivity contribution in [2.45, 2.75) is 58.8 Å². The Balaban J connectivity index is 1.65. The normalized spacial score (nSPS) is 48.4. The van der Waals surface area contributed by atoms with E-state index >= 15 is 0 Å². The minimum Gasteiger partial charge on any atom is -0.399 e. The fourth-order valence-corrected chi connectivity index (χ4v) is 6.24. The molecule has 4 aliphatic rings. The van der Waals surface area contributed by atoms with Crippen LogP contribution in [-0.4, -0.2) is 12.8 Å². The number of nitrogens with zero attached hydrogens (tertiary/aromatic N) is 1. The first-order valence-corrected chi connectivity index (χ1v) is 9.06. The summed E-state index contributed by atoms with van der Waals surface area (Å²) in [4.78, 5) is 5.01. The average Bonchev–Trinajstić information content (AvgIpc) is 2.89. The first-order valence-electron chi connectivity index (χ1n) is 9.06. The molecular formula is C20H29NO. The van der Waals surface area contributed by atoms with E-state index < -0.39 is 0 Å². The van der Waals surface area contributed by atoms with Crippen molar-refractivity contribution in [1.82, 2.24) is 0 Å². The predicted molar refractivity (Wildman–Crippen MR) is 90.7 cm³/mol. The van der Waals surface area contributed by atoms with Crippen molar-refractivity contribution in [3.8, 4) is 0 Å². The van der Waals surface area contributed by atoms with Gasteiger partial charge in [-0.1, -0.05) is 36.7 Å². The predicted octanol–water partition coefficient (Wildman–Crippen LogP) is 5.12. The molecule has 5 atom stereocenters. The van der Waals surface area contributed by atoms with E-state index in [9.17, 15) is 0 Å². The second-order valence-corrected chi connectivity index (χ2v) is 8.45. The van der Waals surface area contributed by atoms with Gasteiger partial charge in [0, 0.05) is 0 Å². The van der Waals surface area contributed by atoms with Crippen LogP contribution in [0.2, 0.25) is 0 Å². The van der Waals surface area contributed by atoms with Crippen LogP contribution in [0.5, 0.6) is 0 Å². The quantitative estimate of drug-likeness (QED) is 0.486. The third kappa shape index (κ3) is 1.95. The Morgan fingerprint density at radius 3 is 2.82 bits per heavy atom. The molecule has 2 fully saturated rings. The number of oxime groups is 1. The summed E-state index contributed by atoms with van der Waals surface area (Å²) < 4.78 is 0. The standard InChI is InChI=1S/C20H29NO/c1-19-10-4-5-17(19)16-7-6-14-13-15(21-22-3)8-12-20(14,2)18(16)9-11-19/h4,10,13,16-18H,5-9,11-12H2,1-3H3. The zero-order valence-electron chi connectivity index (χ0n) is 14.3. The lowest BCUT2D eigenvalue weighted by Crippen LogP contribution is -2.49. The SMILES string of the molecule is CON=C1C=C2CCC3C4CC=CC4(C)CCC3C2(C)CC1. The maximum Gasteiger partial charge on any atom is 0.106 e. The molecule has 0 bridgehead atoms. The van der Waals surface area contributed by atoms with Gasteiger partial charge < -0.3 is 4.84 Å². The smallest absolute Gasteiger partial charge is 0.106 e. The van der Waals surface area contributed by atoms with E-state index in [0.717, 1.165) is 29.9 Å². The van der Waals surface area contributed by atoms with Crippen molar-refractivity contribution in [2.24, 2.45) is 33.7 Å². The van der Waals surface area contributed by atoms with Crippen molar-refractivity contribution >= 4 is 5.71 Å². The van der Waals surface area contributed by atoms with Crippen molar-refractivity contribution in [3.63, 3.8) is 0 Å². The van der Waals surface area contributed by atoms with E-state index in [1.54, 1.807) is 12.7 Å². The van der Waals surface area contributed by atoms with E-state index in [0.29, 0.717) is 10.8 Å². The highest BCUT2D eigenvalue weighted by Crippen LogP contribution is 2.63. The van der Waals surface area contributed by atoms with Crippen molar-refractivity contribution < 1.29 is 4.84 Å². The molecule has 4 aliphatic carbocycles. The Labute approximate surface area is 134 Å². The molecule has 2 nitrogen and oxygen atoms in total. The number of rotatable bonds is 1. The number of fused-ring (bicyclic) bond motifs is 5. The Kier molecular flexibility index (Phi) is 3.29. The molecule has 0 aromatic carbocycles. The molecule has 0 N–H and O–H groups in total. The lowest BCUT2D eigenvalue weighted by Gasteiger charge is -2.57. The molecule has 0 radical (unpaired) electrons. The fourth-order valence-electron chi connectivity index (χ4n) is 6.24. The third-order valence-electron chi connectivity index (χ3n) is 7.51. The van der Waals surface area contributed by atoms with Gasteiger partial charge in [0.25, 0.3) is 0 Å². The maximum atomic E-state index is 5.01. The Morgan fingerprint density at radius 2 is 2.00 bits per heavy atom. The van der Waals surface area contributed by atoms with Crippen molar-refractivity contribution in [1.29, 1.82) is 0 Å². The minimum absolute atomic E-state index is 0.416. The molecule has 22 heavy (non-hydrogen) atoms. The Bertz CT molecular complexity index is 560. The van der Waals surface area contributed by atoms with Crippen molar-refractivity contribution in [2.75, 3.05) is 7.11 Å². The summed E-state index contributed by atoms with van der Waals surface area (Å²) in [5, 5.41) is 4.20. The lowest BCUT2D eigenvalue weighted by atomic mass is 9.47. The summed E-state index contributed by atoms with van der Waals surface area (Å²) in [6.45, 7) is 5.06. The van der Waals surface area contributed by atoms with Gasteiger partial charge in [-0.2, -0.15) is 0 Å². The van der Waals surface area contributed by atoms with Crippen LogP contribution in [0.4, 0.5) is 0 Å².